The number of hydrogen-bond acceptors (Lipinski definition) is 6. The summed E-state index contributed by atoms with van der Waals surface area (Å²) in [5.74, 6) is 0. The normalized spacial score (nSPS) is 21.6. The number of hydrogen-bond donors (Lipinski definition) is 1. The summed E-state index contributed by atoms with van der Waals surface area (Å²) in [6, 6.07) is 10.4. The van der Waals surface area contributed by atoms with Gasteiger partial charge in [0.25, 0.3) is 0 Å². The minimum Gasteiger partial charge on any atom is -0.298 e. The molecule has 0 aliphatic carbocycles. The second kappa shape index (κ2) is 9.62. The molecular weight excluding hydrogens is 447 g/mol. The first-order chi connectivity index (χ1) is 14.9. The van der Waals surface area contributed by atoms with Crippen molar-refractivity contribution in [1.29, 1.82) is 0 Å². The lowest BCUT2D eigenvalue weighted by molar-refractivity contribution is -0.0328. The van der Waals surface area contributed by atoms with Crippen LogP contribution in [0.15, 0.2) is 51.8 Å². The summed E-state index contributed by atoms with van der Waals surface area (Å²) in [5.41, 5.74) is -3.12. The van der Waals surface area contributed by atoms with Crippen molar-refractivity contribution in [3.8, 4) is 0 Å². The molecule has 2 aliphatic heterocycles. The van der Waals surface area contributed by atoms with Gasteiger partial charge in [-0.2, -0.15) is 13.2 Å². The number of alkyl halides is 3. The Bertz CT molecular complexity index is 901. The Morgan fingerprint density at radius 1 is 1.19 bits per heavy atom. The fraction of sp³-hybridized carbons (Fsp3) is 0.429. The molecule has 166 valence electrons. The number of oxime groups is 1. The molecule has 1 aromatic heterocycles. The van der Waals surface area contributed by atoms with Gasteiger partial charge in [0.1, 0.15) is 0 Å². The molecule has 0 unspecified atom stereocenters. The molecular formula is C21H22F3N3O2S2. The van der Waals surface area contributed by atoms with E-state index in [-0.39, 0.29) is 16.7 Å². The van der Waals surface area contributed by atoms with E-state index < -0.39 is 11.6 Å². The number of thioether (sulfide) groups is 1. The zero-order valence-corrected chi connectivity index (χ0v) is 18.2. The molecule has 10 heteroatoms. The summed E-state index contributed by atoms with van der Waals surface area (Å²) in [4.78, 5) is 21.0. The lowest BCUT2D eigenvalue weighted by atomic mass is 9.83. The van der Waals surface area contributed by atoms with Crippen LogP contribution in [0, 0.1) is 0 Å². The molecule has 2 bridgehead atoms. The van der Waals surface area contributed by atoms with E-state index in [0.29, 0.717) is 17.8 Å². The van der Waals surface area contributed by atoms with Crippen LogP contribution in [0.25, 0.3) is 0 Å². The number of nitrogens with one attached hydrogen (secondary N) is 1. The molecule has 5 nitrogen and oxygen atoms in total. The average Bonchev–Trinajstić information content (AvgIpc) is 3.20. The van der Waals surface area contributed by atoms with Crippen LogP contribution in [0.5, 0.6) is 0 Å². The zero-order valence-electron chi connectivity index (χ0n) is 16.6. The fourth-order valence-corrected chi connectivity index (χ4v) is 5.44. The smallest absolute Gasteiger partial charge is 0.298 e. The summed E-state index contributed by atoms with van der Waals surface area (Å²) in [7, 11) is 0. The van der Waals surface area contributed by atoms with Gasteiger partial charge < -0.3 is 0 Å². The van der Waals surface area contributed by atoms with Gasteiger partial charge in [0.15, 0.2) is 0 Å². The molecule has 31 heavy (non-hydrogen) atoms. The largest absolute Gasteiger partial charge is 0.446 e. The number of nitrogens with zero attached hydrogens (tertiary/aromatic N) is 2. The van der Waals surface area contributed by atoms with E-state index in [9.17, 15) is 18.0 Å². The number of rotatable bonds is 5. The van der Waals surface area contributed by atoms with Crippen LogP contribution in [-0.4, -0.2) is 34.3 Å². The van der Waals surface area contributed by atoms with Crippen LogP contribution in [0.2, 0.25) is 0 Å². The van der Waals surface area contributed by atoms with Crippen LogP contribution in [0.3, 0.4) is 0 Å². The van der Waals surface area contributed by atoms with E-state index in [1.165, 1.54) is 35.6 Å². The number of piperidine rings is 2. The third-order valence-corrected chi connectivity index (χ3v) is 7.07. The lowest BCUT2D eigenvalue weighted by Crippen LogP contribution is -2.51. The van der Waals surface area contributed by atoms with Gasteiger partial charge in [0.2, 0.25) is 0 Å². The Morgan fingerprint density at radius 2 is 1.90 bits per heavy atom. The number of amides is 1. The van der Waals surface area contributed by atoms with Gasteiger partial charge >= 0.3 is 11.6 Å². The van der Waals surface area contributed by atoms with E-state index in [1.54, 1.807) is 11.3 Å². The molecule has 2 saturated heterocycles. The van der Waals surface area contributed by atoms with E-state index in [1.807, 2.05) is 0 Å². The SMILES string of the molecule is O=C(Nc1ccc(SC(F)(F)F)cc1)ON=C1C[C@H]2CCC[C@H](C1)N2Cc1cccs1. The highest BCUT2D eigenvalue weighted by Gasteiger charge is 2.37. The van der Waals surface area contributed by atoms with Crippen molar-refractivity contribution in [2.75, 3.05) is 5.32 Å². The van der Waals surface area contributed by atoms with Crippen LogP contribution in [0.1, 0.15) is 37.0 Å². The van der Waals surface area contributed by atoms with Crippen molar-refractivity contribution in [2.24, 2.45) is 5.16 Å². The summed E-state index contributed by atoms with van der Waals surface area (Å²) < 4.78 is 37.2. The van der Waals surface area contributed by atoms with Crippen molar-refractivity contribution in [3.63, 3.8) is 0 Å². The molecule has 1 amide bonds. The predicted octanol–water partition coefficient (Wildman–Crippen LogP) is 6.48. The van der Waals surface area contributed by atoms with Crippen molar-refractivity contribution in [3.05, 3.63) is 46.7 Å². The molecule has 4 rings (SSSR count). The summed E-state index contributed by atoms with van der Waals surface area (Å²) >= 11 is 1.57. The molecule has 2 atom stereocenters. The fourth-order valence-electron chi connectivity index (χ4n) is 4.19. The first kappa shape index (κ1) is 22.2. The van der Waals surface area contributed by atoms with Gasteiger partial charge in [-0.15, -0.1) is 11.3 Å². The van der Waals surface area contributed by atoms with Crippen molar-refractivity contribution in [2.45, 2.75) is 61.1 Å². The van der Waals surface area contributed by atoms with Crippen molar-refractivity contribution < 1.29 is 22.8 Å². The molecule has 0 spiro atoms. The van der Waals surface area contributed by atoms with Gasteiger partial charge in [-0.3, -0.25) is 15.1 Å². The predicted molar refractivity (Wildman–Crippen MR) is 116 cm³/mol. The molecule has 1 aromatic carbocycles. The Balaban J connectivity index is 1.30. The van der Waals surface area contributed by atoms with E-state index in [4.69, 9.17) is 4.84 Å². The maximum Gasteiger partial charge on any atom is 0.446 e. The van der Waals surface area contributed by atoms with Crippen LogP contribution < -0.4 is 5.32 Å². The van der Waals surface area contributed by atoms with Crippen molar-refractivity contribution in [1.82, 2.24) is 4.90 Å². The highest BCUT2D eigenvalue weighted by Crippen LogP contribution is 2.37. The first-order valence-corrected chi connectivity index (χ1v) is 11.7. The van der Waals surface area contributed by atoms with Crippen LogP contribution in [-0.2, 0) is 11.4 Å². The minimum absolute atomic E-state index is 0.0486. The second-order valence-corrected chi connectivity index (χ2v) is 9.80. The van der Waals surface area contributed by atoms with Crippen LogP contribution in [0.4, 0.5) is 23.7 Å². The Hall–Kier alpha value is -2.04. The number of benzene rings is 1. The number of carbonyl (C=O) groups is 1. The number of anilines is 1. The van der Waals surface area contributed by atoms with Crippen molar-refractivity contribution >= 4 is 40.6 Å². The quantitative estimate of drug-likeness (QED) is 0.309. The average molecular weight is 470 g/mol. The van der Waals surface area contributed by atoms with E-state index in [2.05, 4.69) is 32.9 Å². The Kier molecular flexibility index (Phi) is 6.88. The molecule has 0 radical (unpaired) electrons. The summed E-state index contributed by atoms with van der Waals surface area (Å²) in [5, 5.41) is 8.67. The first-order valence-electron chi connectivity index (χ1n) is 10.0. The number of fused-ring (bicyclic) bond motifs is 2. The van der Waals surface area contributed by atoms with Gasteiger partial charge in [0.05, 0.1) is 5.71 Å². The zero-order chi connectivity index (χ0) is 21.8. The Labute approximate surface area is 186 Å². The summed E-state index contributed by atoms with van der Waals surface area (Å²) in [6.07, 6.45) is 4.21. The van der Waals surface area contributed by atoms with Gasteiger partial charge in [-0.1, -0.05) is 17.6 Å². The van der Waals surface area contributed by atoms with Crippen LogP contribution >= 0.6 is 23.1 Å². The molecule has 2 fully saturated rings. The van der Waals surface area contributed by atoms with E-state index >= 15 is 0 Å². The topological polar surface area (TPSA) is 53.9 Å². The van der Waals surface area contributed by atoms with Gasteiger partial charge in [-0.05, 0) is 60.3 Å². The number of thiophene rings is 1. The highest BCUT2D eigenvalue weighted by molar-refractivity contribution is 8.00. The molecule has 2 aromatic rings. The second-order valence-electron chi connectivity index (χ2n) is 7.63. The third-order valence-electron chi connectivity index (χ3n) is 5.47. The lowest BCUT2D eigenvalue weighted by Gasteiger charge is -2.46. The molecule has 0 saturated carbocycles. The Morgan fingerprint density at radius 3 is 2.52 bits per heavy atom. The van der Waals surface area contributed by atoms with E-state index in [0.717, 1.165) is 37.9 Å². The number of carbonyl (C=O) groups excluding carboxylic acids is 1. The molecule has 2 aliphatic rings. The highest BCUT2D eigenvalue weighted by atomic mass is 32.2. The van der Waals surface area contributed by atoms with Gasteiger partial charge in [0, 0.05) is 46.9 Å². The molecule has 1 N–H and O–H groups in total. The standard InChI is InChI=1S/C21H22F3N3O2S2/c22-21(23,24)31-18-8-6-14(7-9-18)25-20(28)29-26-15-11-16-3-1-4-17(12-15)27(16)13-19-5-2-10-30-19/h2,5-10,16-17H,1,3-4,11-13H2,(H,25,28)/t16-,17-/m1/s1. The minimum atomic E-state index is -4.35. The maximum atomic E-state index is 12.4. The number of halogens is 3. The van der Waals surface area contributed by atoms with Gasteiger partial charge in [-0.25, -0.2) is 4.79 Å². The monoisotopic (exact) mass is 469 g/mol. The third kappa shape index (κ3) is 6.24. The maximum absolute atomic E-state index is 12.4. The summed E-state index contributed by atoms with van der Waals surface area (Å²) in [6.45, 7) is 0.949. The molecule has 3 heterocycles.